The molecule has 0 aliphatic carbocycles. The van der Waals surface area contributed by atoms with Crippen molar-refractivity contribution in [2.45, 2.75) is 26.3 Å². The molecule has 1 aromatic carbocycles. The van der Waals surface area contributed by atoms with Gasteiger partial charge in [0.15, 0.2) is 0 Å². The van der Waals surface area contributed by atoms with Crippen LogP contribution in [0.1, 0.15) is 31.9 Å². The van der Waals surface area contributed by atoms with Crippen LogP contribution >= 0.6 is 0 Å². The van der Waals surface area contributed by atoms with E-state index in [2.05, 4.69) is 17.6 Å². The summed E-state index contributed by atoms with van der Waals surface area (Å²) in [6, 6.07) is 8.13. The normalized spacial score (nSPS) is 12.2. The summed E-state index contributed by atoms with van der Waals surface area (Å²) in [5, 5.41) is 6.04. The second kappa shape index (κ2) is 7.84. The number of anilines is 1. The molecule has 2 N–H and O–H groups in total. The van der Waals surface area contributed by atoms with E-state index in [0.29, 0.717) is 19.6 Å². The van der Waals surface area contributed by atoms with Crippen molar-refractivity contribution in [3.63, 3.8) is 0 Å². The third kappa shape index (κ3) is 4.85. The number of hydrogen-bond acceptors (Lipinski definition) is 3. The molecular formula is C14H22N2O2. The van der Waals surface area contributed by atoms with Gasteiger partial charge in [-0.25, -0.2) is 0 Å². The third-order valence-electron chi connectivity index (χ3n) is 2.78. The van der Waals surface area contributed by atoms with Gasteiger partial charge in [0.05, 0.1) is 13.0 Å². The quantitative estimate of drug-likeness (QED) is 0.730. The van der Waals surface area contributed by atoms with Crippen LogP contribution in [0.3, 0.4) is 0 Å². The van der Waals surface area contributed by atoms with E-state index in [1.165, 1.54) is 0 Å². The van der Waals surface area contributed by atoms with Crippen molar-refractivity contribution in [3.05, 3.63) is 29.8 Å². The fraction of sp³-hybridized carbons (Fsp3) is 0.500. The number of carbonyl (C=O) groups excluding carboxylic acids is 1. The van der Waals surface area contributed by atoms with Crippen LogP contribution in [0.4, 0.5) is 5.69 Å². The van der Waals surface area contributed by atoms with Crippen molar-refractivity contribution in [1.82, 2.24) is 5.32 Å². The highest BCUT2D eigenvalue weighted by molar-refractivity contribution is 5.90. The van der Waals surface area contributed by atoms with Gasteiger partial charge in [0.25, 0.3) is 0 Å². The monoisotopic (exact) mass is 250 g/mol. The first-order valence-corrected chi connectivity index (χ1v) is 6.32. The van der Waals surface area contributed by atoms with Crippen molar-refractivity contribution in [2.75, 3.05) is 25.6 Å². The Morgan fingerprint density at radius 3 is 2.89 bits per heavy atom. The van der Waals surface area contributed by atoms with Crippen LogP contribution in [-0.2, 0) is 9.53 Å². The van der Waals surface area contributed by atoms with Gasteiger partial charge in [0.1, 0.15) is 0 Å². The number of benzene rings is 1. The molecule has 100 valence electrons. The van der Waals surface area contributed by atoms with E-state index in [9.17, 15) is 4.79 Å². The van der Waals surface area contributed by atoms with E-state index < -0.39 is 0 Å². The van der Waals surface area contributed by atoms with Gasteiger partial charge in [-0.1, -0.05) is 12.1 Å². The molecule has 1 unspecified atom stereocenters. The molecular weight excluding hydrogens is 228 g/mol. The van der Waals surface area contributed by atoms with Crippen LogP contribution in [0, 0.1) is 0 Å². The van der Waals surface area contributed by atoms with Crippen LogP contribution < -0.4 is 10.6 Å². The summed E-state index contributed by atoms with van der Waals surface area (Å²) in [6.07, 6.45) is 0.389. The van der Waals surface area contributed by atoms with Crippen LogP contribution in [0.2, 0.25) is 0 Å². The molecule has 1 rings (SSSR count). The first-order valence-electron chi connectivity index (χ1n) is 6.32. The van der Waals surface area contributed by atoms with E-state index in [1.54, 1.807) is 0 Å². The Bertz CT molecular complexity index is 380. The Hall–Kier alpha value is -1.39. The first-order chi connectivity index (χ1) is 8.67. The molecule has 0 fully saturated rings. The predicted molar refractivity (Wildman–Crippen MR) is 73.7 cm³/mol. The lowest BCUT2D eigenvalue weighted by Gasteiger charge is -2.12. The Labute approximate surface area is 109 Å². The van der Waals surface area contributed by atoms with Gasteiger partial charge in [-0.2, -0.15) is 0 Å². The second-order valence-corrected chi connectivity index (χ2v) is 4.13. The fourth-order valence-corrected chi connectivity index (χ4v) is 1.59. The lowest BCUT2D eigenvalue weighted by molar-refractivity contribution is -0.117. The van der Waals surface area contributed by atoms with Gasteiger partial charge in [0, 0.05) is 18.3 Å². The number of amides is 1. The Morgan fingerprint density at radius 2 is 2.22 bits per heavy atom. The smallest absolute Gasteiger partial charge is 0.226 e. The minimum Gasteiger partial charge on any atom is -0.381 e. The standard InChI is InChI=1S/C14H22N2O2/c1-4-18-9-8-14(17)16-13-7-5-6-12(10-13)11(2)15-3/h5-7,10-11,15H,4,8-9H2,1-3H3,(H,16,17). The molecule has 1 atom stereocenters. The van der Waals surface area contributed by atoms with Crippen molar-refractivity contribution in [1.29, 1.82) is 0 Å². The van der Waals surface area contributed by atoms with Gasteiger partial charge in [-0.3, -0.25) is 4.79 Å². The second-order valence-electron chi connectivity index (χ2n) is 4.13. The zero-order valence-electron chi connectivity index (χ0n) is 11.3. The van der Waals surface area contributed by atoms with Crippen molar-refractivity contribution in [3.8, 4) is 0 Å². The molecule has 0 aliphatic heterocycles. The van der Waals surface area contributed by atoms with Crippen molar-refractivity contribution in [2.24, 2.45) is 0 Å². The predicted octanol–water partition coefficient (Wildman–Crippen LogP) is 2.33. The SMILES string of the molecule is CCOCCC(=O)Nc1cccc(C(C)NC)c1. The molecule has 18 heavy (non-hydrogen) atoms. The minimum atomic E-state index is -0.0160. The van der Waals surface area contributed by atoms with Gasteiger partial charge in [0.2, 0.25) is 5.91 Å². The zero-order chi connectivity index (χ0) is 13.4. The first kappa shape index (κ1) is 14.7. The average molecular weight is 250 g/mol. The van der Waals surface area contributed by atoms with Crippen LogP contribution in [0.5, 0.6) is 0 Å². The molecule has 0 saturated heterocycles. The van der Waals surface area contributed by atoms with Gasteiger partial charge in [-0.15, -0.1) is 0 Å². The van der Waals surface area contributed by atoms with Crippen LogP contribution in [0.15, 0.2) is 24.3 Å². The summed E-state index contributed by atoms with van der Waals surface area (Å²) in [5.41, 5.74) is 1.98. The minimum absolute atomic E-state index is 0.0160. The fourth-order valence-electron chi connectivity index (χ4n) is 1.59. The Kier molecular flexibility index (Phi) is 6.39. The van der Waals surface area contributed by atoms with Gasteiger partial charge in [-0.05, 0) is 38.6 Å². The number of carbonyl (C=O) groups is 1. The molecule has 4 heteroatoms. The van der Waals surface area contributed by atoms with Crippen molar-refractivity contribution < 1.29 is 9.53 Å². The van der Waals surface area contributed by atoms with E-state index in [4.69, 9.17) is 4.74 Å². The average Bonchev–Trinajstić information content (AvgIpc) is 2.38. The molecule has 0 heterocycles. The van der Waals surface area contributed by atoms with Crippen molar-refractivity contribution >= 4 is 11.6 Å². The molecule has 0 aliphatic rings. The van der Waals surface area contributed by atoms with Crippen LogP contribution in [0.25, 0.3) is 0 Å². The summed E-state index contributed by atoms with van der Waals surface area (Å²) in [5.74, 6) is -0.0160. The summed E-state index contributed by atoms with van der Waals surface area (Å²) in [4.78, 5) is 11.6. The van der Waals surface area contributed by atoms with E-state index in [1.807, 2.05) is 38.2 Å². The third-order valence-corrected chi connectivity index (χ3v) is 2.78. The van der Waals surface area contributed by atoms with Crippen LogP contribution in [-0.4, -0.2) is 26.2 Å². The lowest BCUT2D eigenvalue weighted by atomic mass is 10.1. The summed E-state index contributed by atoms with van der Waals surface area (Å²) in [6.45, 7) is 5.11. The van der Waals surface area contributed by atoms with Gasteiger partial charge >= 0.3 is 0 Å². The van der Waals surface area contributed by atoms with E-state index in [-0.39, 0.29) is 11.9 Å². The summed E-state index contributed by atoms with van der Waals surface area (Å²) < 4.78 is 5.15. The molecule has 0 spiro atoms. The van der Waals surface area contributed by atoms with E-state index in [0.717, 1.165) is 11.3 Å². The molecule has 0 bridgehead atoms. The largest absolute Gasteiger partial charge is 0.381 e. The maximum Gasteiger partial charge on any atom is 0.226 e. The summed E-state index contributed by atoms with van der Waals surface area (Å²) in [7, 11) is 1.91. The Balaban J connectivity index is 2.53. The number of rotatable bonds is 7. The lowest BCUT2D eigenvalue weighted by Crippen LogP contribution is -2.15. The maximum absolute atomic E-state index is 11.6. The highest BCUT2D eigenvalue weighted by atomic mass is 16.5. The highest BCUT2D eigenvalue weighted by Gasteiger charge is 2.05. The van der Waals surface area contributed by atoms with Gasteiger partial charge < -0.3 is 15.4 Å². The number of nitrogens with one attached hydrogen (secondary N) is 2. The molecule has 0 aromatic heterocycles. The molecule has 0 radical (unpaired) electrons. The molecule has 4 nitrogen and oxygen atoms in total. The molecule has 1 aromatic rings. The van der Waals surface area contributed by atoms with E-state index >= 15 is 0 Å². The molecule has 0 saturated carbocycles. The Morgan fingerprint density at radius 1 is 1.44 bits per heavy atom. The molecule has 1 amide bonds. The topological polar surface area (TPSA) is 50.4 Å². The highest BCUT2D eigenvalue weighted by Crippen LogP contribution is 2.17. The maximum atomic E-state index is 11.6. The number of ether oxygens (including phenoxy) is 1. The number of hydrogen-bond donors (Lipinski definition) is 2. The summed E-state index contributed by atoms with van der Waals surface area (Å²) >= 11 is 0. The zero-order valence-corrected chi connectivity index (χ0v) is 11.3.